The fraction of sp³-hybridized carbons (Fsp3) is 0. The smallest absolute Gasteiger partial charge is 0.0561 e. The molecule has 0 atom stereocenters. The fourth-order valence-corrected chi connectivity index (χ4v) is 9.79. The summed E-state index contributed by atoms with van der Waals surface area (Å²) in [5, 5.41) is 7.50. The lowest BCUT2D eigenvalue weighted by atomic mass is 9.95. The minimum Gasteiger partial charge on any atom is -0.309 e. The number of fused-ring (bicyclic) bond motifs is 7. The van der Waals surface area contributed by atoms with Crippen LogP contribution in [0.5, 0.6) is 0 Å². The molecule has 9 aromatic carbocycles. The first-order valence-electron chi connectivity index (χ1n) is 18.8. The molecule has 2 nitrogen and oxygen atoms in total. The zero-order valence-electron chi connectivity index (χ0n) is 29.9. The Morgan fingerprint density at radius 2 is 1.00 bits per heavy atom. The summed E-state index contributed by atoms with van der Waals surface area (Å²) in [6.45, 7) is 0. The molecule has 11 aromatic rings. The van der Waals surface area contributed by atoms with Crippen LogP contribution in [-0.4, -0.2) is 4.57 Å². The second kappa shape index (κ2) is 12.9. The molecule has 3 heteroatoms. The predicted octanol–water partition coefficient (Wildman–Crippen LogP) is 15.1. The molecule has 0 fully saturated rings. The minimum absolute atomic E-state index is 1.10. The third-order valence-electron chi connectivity index (χ3n) is 11.0. The van der Waals surface area contributed by atoms with Crippen molar-refractivity contribution in [2.45, 2.75) is 0 Å². The molecule has 2 aromatic heterocycles. The molecule has 2 heterocycles. The first-order valence-corrected chi connectivity index (χ1v) is 19.6. The lowest BCUT2D eigenvalue weighted by Crippen LogP contribution is -2.12. The third-order valence-corrected chi connectivity index (χ3v) is 12.2. The molecule has 258 valence electrons. The molecule has 0 amide bonds. The van der Waals surface area contributed by atoms with Gasteiger partial charge in [-0.3, -0.25) is 0 Å². The summed E-state index contributed by atoms with van der Waals surface area (Å²) in [4.78, 5) is 2.49. The predicted molar refractivity (Wildman–Crippen MR) is 237 cm³/mol. The van der Waals surface area contributed by atoms with Gasteiger partial charge in [0, 0.05) is 58.8 Å². The number of hydrogen-bond acceptors (Lipinski definition) is 2. The van der Waals surface area contributed by atoms with Gasteiger partial charge in [0.2, 0.25) is 0 Å². The fourth-order valence-electron chi connectivity index (χ4n) is 8.56. The van der Waals surface area contributed by atoms with Crippen molar-refractivity contribution >= 4 is 81.1 Å². The lowest BCUT2D eigenvalue weighted by molar-refractivity contribution is 1.18. The number of rotatable bonds is 6. The van der Waals surface area contributed by atoms with Crippen molar-refractivity contribution in [1.29, 1.82) is 0 Å². The van der Waals surface area contributed by atoms with Crippen LogP contribution in [0.1, 0.15) is 0 Å². The number of anilines is 3. The van der Waals surface area contributed by atoms with Crippen molar-refractivity contribution in [1.82, 2.24) is 4.57 Å². The monoisotopic (exact) mass is 718 g/mol. The van der Waals surface area contributed by atoms with Gasteiger partial charge in [0.15, 0.2) is 0 Å². The first-order chi connectivity index (χ1) is 27.3. The molecule has 55 heavy (non-hydrogen) atoms. The van der Waals surface area contributed by atoms with E-state index in [0.717, 1.165) is 22.7 Å². The normalized spacial score (nSPS) is 11.6. The van der Waals surface area contributed by atoms with Crippen molar-refractivity contribution in [3.8, 4) is 27.9 Å². The van der Waals surface area contributed by atoms with Gasteiger partial charge < -0.3 is 9.47 Å². The molecule has 0 N–H and O–H groups in total. The molecule has 0 saturated heterocycles. The highest BCUT2D eigenvalue weighted by molar-refractivity contribution is 7.26. The first kappa shape index (κ1) is 31.6. The summed E-state index contributed by atoms with van der Waals surface area (Å²) in [7, 11) is 0. The van der Waals surface area contributed by atoms with Crippen molar-refractivity contribution in [2.75, 3.05) is 4.90 Å². The van der Waals surface area contributed by atoms with Crippen molar-refractivity contribution in [3.05, 3.63) is 206 Å². The van der Waals surface area contributed by atoms with E-state index in [9.17, 15) is 0 Å². The van der Waals surface area contributed by atoms with E-state index in [1.165, 1.54) is 75.0 Å². The molecule has 0 aliphatic carbocycles. The number of benzene rings is 9. The minimum atomic E-state index is 1.10. The van der Waals surface area contributed by atoms with Gasteiger partial charge in [-0.25, -0.2) is 0 Å². The topological polar surface area (TPSA) is 8.17 Å². The van der Waals surface area contributed by atoms with Crippen LogP contribution in [-0.2, 0) is 0 Å². The molecule has 0 unspecified atom stereocenters. The van der Waals surface area contributed by atoms with Crippen molar-refractivity contribution in [2.24, 2.45) is 0 Å². The van der Waals surface area contributed by atoms with Crippen molar-refractivity contribution < 1.29 is 0 Å². The van der Waals surface area contributed by atoms with Crippen LogP contribution in [0, 0.1) is 0 Å². The Hall–Kier alpha value is -6.94. The maximum atomic E-state index is 2.49. The van der Waals surface area contributed by atoms with Gasteiger partial charge in [-0.2, -0.15) is 0 Å². The maximum Gasteiger partial charge on any atom is 0.0561 e. The Morgan fingerprint density at radius 3 is 1.85 bits per heavy atom. The molecular formula is C52H34N2S. The molecule has 0 spiro atoms. The number of para-hydroxylation sites is 3. The quantitative estimate of drug-likeness (QED) is 0.166. The summed E-state index contributed by atoms with van der Waals surface area (Å²) in [5.74, 6) is 0. The second-order valence-electron chi connectivity index (χ2n) is 14.1. The second-order valence-corrected chi connectivity index (χ2v) is 15.1. The van der Waals surface area contributed by atoms with E-state index in [1.54, 1.807) is 0 Å². The summed E-state index contributed by atoms with van der Waals surface area (Å²) >= 11 is 1.88. The zero-order chi connectivity index (χ0) is 36.3. The summed E-state index contributed by atoms with van der Waals surface area (Å²) in [5.41, 5.74) is 11.7. The largest absolute Gasteiger partial charge is 0.309 e. The van der Waals surface area contributed by atoms with Gasteiger partial charge in [0.05, 0.1) is 22.4 Å². The van der Waals surface area contributed by atoms with Crippen LogP contribution in [0.3, 0.4) is 0 Å². The molecule has 11 rings (SSSR count). The molecule has 0 aliphatic heterocycles. The van der Waals surface area contributed by atoms with Gasteiger partial charge in [0.25, 0.3) is 0 Å². The highest BCUT2D eigenvalue weighted by atomic mass is 32.1. The van der Waals surface area contributed by atoms with Crippen LogP contribution >= 0.6 is 11.3 Å². The number of aromatic nitrogens is 1. The highest BCUT2D eigenvalue weighted by Crippen LogP contribution is 2.49. The van der Waals surface area contributed by atoms with E-state index >= 15 is 0 Å². The molecule has 0 saturated carbocycles. The van der Waals surface area contributed by atoms with Crippen LogP contribution in [0.25, 0.3) is 80.7 Å². The molecule has 0 bridgehead atoms. The van der Waals surface area contributed by atoms with E-state index < -0.39 is 0 Å². The van der Waals surface area contributed by atoms with Gasteiger partial charge in [-0.15, -0.1) is 11.3 Å². The number of nitrogens with zero attached hydrogens (tertiary/aromatic N) is 2. The number of thiophene rings is 1. The average molecular weight is 719 g/mol. The van der Waals surface area contributed by atoms with Gasteiger partial charge in [0.1, 0.15) is 0 Å². The van der Waals surface area contributed by atoms with Gasteiger partial charge >= 0.3 is 0 Å². The van der Waals surface area contributed by atoms with E-state index in [0.29, 0.717) is 0 Å². The number of hydrogen-bond donors (Lipinski definition) is 0. The Bertz CT molecular complexity index is 3210. The molecule has 0 aliphatic rings. The SMILES string of the molecule is c1ccc(-c2ccc(N(c3ccc4c5ccccc5n(-c5ccccc5)c4c3)c3ccccc3-c3cccc4c3sc3ccccc34)c3ccccc23)cc1. The van der Waals surface area contributed by atoms with Gasteiger partial charge in [-0.05, 0) is 65.0 Å². The average Bonchev–Trinajstić information content (AvgIpc) is 3.80. The summed E-state index contributed by atoms with van der Waals surface area (Å²) < 4.78 is 5.02. The van der Waals surface area contributed by atoms with E-state index in [1.807, 2.05) is 11.3 Å². The van der Waals surface area contributed by atoms with E-state index in [-0.39, 0.29) is 0 Å². The Kier molecular flexibility index (Phi) is 7.39. The van der Waals surface area contributed by atoms with Crippen LogP contribution in [0.15, 0.2) is 206 Å². The van der Waals surface area contributed by atoms with E-state index in [4.69, 9.17) is 0 Å². The maximum absolute atomic E-state index is 2.49. The highest BCUT2D eigenvalue weighted by Gasteiger charge is 2.23. The molecule has 0 radical (unpaired) electrons. The van der Waals surface area contributed by atoms with E-state index in [2.05, 4.69) is 216 Å². The van der Waals surface area contributed by atoms with Gasteiger partial charge in [-0.1, -0.05) is 158 Å². The Balaban J connectivity index is 1.22. The Morgan fingerprint density at radius 1 is 0.364 bits per heavy atom. The van der Waals surface area contributed by atoms with Crippen molar-refractivity contribution in [3.63, 3.8) is 0 Å². The van der Waals surface area contributed by atoms with Crippen LogP contribution in [0.4, 0.5) is 17.1 Å². The zero-order valence-corrected chi connectivity index (χ0v) is 30.7. The van der Waals surface area contributed by atoms with Crippen LogP contribution in [0.2, 0.25) is 0 Å². The standard InChI is InChI=1S/C52H34N2S/c1-3-16-35(17-4-1)38-32-33-49(40-21-8-7-20-39(38)40)54(37-30-31-43-41-22-9-12-27-47(41)53(50(43)34-37)36-18-5-2-6-19-36)48-28-13-10-23-42(48)45-25-15-26-46-44-24-11-14-29-51(44)55-52(45)46/h1-34H. The molecular weight excluding hydrogens is 685 g/mol. The Labute approximate surface area is 323 Å². The summed E-state index contributed by atoms with van der Waals surface area (Å²) in [6, 6.07) is 75.2. The summed E-state index contributed by atoms with van der Waals surface area (Å²) in [6.07, 6.45) is 0. The lowest BCUT2D eigenvalue weighted by Gasteiger charge is -2.30. The van der Waals surface area contributed by atoms with Crippen LogP contribution < -0.4 is 4.90 Å². The third kappa shape index (κ3) is 5.09.